The molecule has 2 amide bonds. The van der Waals surface area contributed by atoms with Gasteiger partial charge in [-0.05, 0) is 227 Å². The van der Waals surface area contributed by atoms with Crippen LogP contribution in [0.1, 0.15) is 95.5 Å². The third kappa shape index (κ3) is 55.0. The molecule has 792 valence electrons. The van der Waals surface area contributed by atoms with Crippen molar-refractivity contribution < 1.29 is 166 Å². The number of rotatable bonds is 17. The number of aromatic amines is 1. The Morgan fingerprint density at radius 3 is 1.34 bits per heavy atom. The second-order valence-corrected chi connectivity index (χ2v) is 33.6. The zero-order valence-electron chi connectivity index (χ0n) is 87.4. The molecule has 0 aliphatic heterocycles. The number of ether oxygens (including phenoxy) is 2. The van der Waals surface area contributed by atoms with Crippen LogP contribution >= 0.6 is 141 Å². The number of pyridine rings is 4. The first kappa shape index (κ1) is 141. The standard InChI is InChI=1S/C22H20ClN5OS.C14H14N4S.C11H10N2O2.C11H12N2.C8H7Cl2NO.C7H8N2O2.C6H6ClN.C6H12N2OS.C4H9NO.C3H8N2.C2H2Cl2O.CH2Cl2.2CH3F.CH2O3.ClH.2K.H2.H/c1-13-8-11-19(21-16(13)10-9-14(2)24-21)28-15(3)26-27-22(28)30-12-20(29)25-18-7-5-4-6-17(18)23;1-8-4-7-12(18-10(3)16-17-14(18)19)13-11(8)6-5-9(2)15-13;1-7-3-6-10(13(14)15)11-9(7)5-4-8(2)12-11;1-7-3-6-10(12)11-9(7)5-4-8(2)13-11;9-5-8(12)11-7-4-2-1-3-6(7)10;1-5-2-3-7(9(10)11)6(8)4-5;7-5-3-1-2-4-6(5)8;1-3-9-5(2)8-4-6(7)10;1-3-6-4(2)5;1-3(5)2-4;3-1-2(4)5;2-1-3;2*1-2;2-1-4-3;;;;;/h4-11H,12H2,1-3H3,(H,25,29);4-7H,1-3H3,(H,17,19);3-6H,1-2H3;3-6H,12H2,1-2H3;1-4H,5H2,(H,11,12);2-4H,8H2,1H3;1-4H,8H2;3-4H2,1-2H3,(H2,7,10);5H,3H2,1-2H3;1-2,4-5H2;1H2;1H2;2*1H3;1,3H;1H;;;1H;/q;;;;;;;;;;;;;;;;2*+1;;-1/p-1/i;;;;;;;;;;;;2*1D;;;;;;. The van der Waals surface area contributed by atoms with Crippen molar-refractivity contribution in [2.75, 3.05) is 91.3 Å². The number of anilines is 5. The van der Waals surface area contributed by atoms with Crippen LogP contribution in [0.25, 0.3) is 55.0 Å². The molecule has 16 N–H and O–H groups in total. The summed E-state index contributed by atoms with van der Waals surface area (Å²) >= 11 is 53.1. The number of amides is 2. The number of thiocarbonyl (C=S) groups is 1. The predicted octanol–water partition coefficient (Wildman–Crippen LogP) is 17.6. The first-order valence-corrected chi connectivity index (χ1v) is 47.8. The number of aliphatic imine (C=N–C) groups is 1. The first-order chi connectivity index (χ1) is 69.6. The number of thioether (sulfide) groups is 1. The fourth-order valence-corrected chi connectivity index (χ4v) is 13.0. The SMILES string of the molecule is C=C(N)CN.CCOC(C)=N.CCOC(C)=NCC(N)=S.Cc1ccc([N+](=O)[O-])c(N)c1.Cc1ccc2c(C)ccc(-n3c(C)n[nH]c3=S)c2n1.Cc1ccc2c(C)ccc(-n3c(C)nnc3SCC(=O)Nc3ccccc3Cl)c2n1.Cc1ccc2c(C)ccc(N)c2n1.Cc1ccc2c(C)ccc([N+](=O)[O-])c2n1.Cl.ClCCl.Nc1ccccc1Cl.O=C(CCl)Nc1ccccc1Cl.O=C(Cl)CCl.O=CO[O-].[2H]CF.[2H]CF.[H-].[HH].[K+].[K+]. The minimum absolute atomic E-state index is 0. The molecule has 6 aromatic heterocycles. The Balaban J connectivity index is -0.000000393. The summed E-state index contributed by atoms with van der Waals surface area (Å²) in [5.74, 6) is 2.09. The molecule has 0 spiro atoms. The summed E-state index contributed by atoms with van der Waals surface area (Å²) < 4.78 is 45.1. The number of nitro benzene ring substituents is 2. The van der Waals surface area contributed by atoms with Gasteiger partial charge in [0.1, 0.15) is 28.7 Å². The van der Waals surface area contributed by atoms with E-state index in [9.17, 15) is 43.4 Å². The van der Waals surface area contributed by atoms with Gasteiger partial charge in [-0.1, -0.05) is 156 Å². The molecule has 148 heavy (non-hydrogen) atoms. The quantitative estimate of drug-likeness (QED) is 0.00329. The minimum Gasteiger partial charge on any atom is -1.00 e. The van der Waals surface area contributed by atoms with E-state index in [4.69, 9.17) is 167 Å². The van der Waals surface area contributed by atoms with Crippen molar-refractivity contribution in [1.29, 1.82) is 5.41 Å². The summed E-state index contributed by atoms with van der Waals surface area (Å²) in [5.41, 5.74) is 49.4. The molecule has 0 unspecified atom stereocenters. The molecule has 0 atom stereocenters. The molecule has 0 bridgehead atoms. The number of benzene rings is 8. The summed E-state index contributed by atoms with van der Waals surface area (Å²) in [6.07, 6.45) is 0. The number of aromatic nitrogens is 10. The van der Waals surface area contributed by atoms with Gasteiger partial charge in [-0.2, -0.15) is 5.10 Å². The topological polar surface area (TPSA) is 538 Å². The summed E-state index contributed by atoms with van der Waals surface area (Å²) in [4.78, 5) is 86.5. The zero-order valence-corrected chi connectivity index (χ0v) is 100.0. The number of carbonyl (C=O) groups is 4. The van der Waals surface area contributed by atoms with Crippen molar-refractivity contribution in [2.45, 2.75) is 109 Å². The average Bonchev–Trinajstić information content (AvgIpc) is 1.53. The van der Waals surface area contributed by atoms with E-state index in [0.29, 0.717) is 90.5 Å². The van der Waals surface area contributed by atoms with Crippen LogP contribution in [0.5, 0.6) is 0 Å². The van der Waals surface area contributed by atoms with E-state index in [1.54, 1.807) is 80.6 Å². The van der Waals surface area contributed by atoms with Crippen LogP contribution in [0.4, 0.5) is 48.6 Å². The Morgan fingerprint density at radius 1 is 0.595 bits per heavy atom. The Morgan fingerprint density at radius 2 is 0.980 bits per heavy atom. The number of H-pyrrole nitrogens is 1. The number of nitrogens with one attached hydrogen (secondary N) is 4. The Bertz CT molecular complexity index is 6690. The van der Waals surface area contributed by atoms with Gasteiger partial charge in [0.15, 0.2) is 21.7 Å². The first-order valence-electron chi connectivity index (χ1n) is 43.7. The summed E-state index contributed by atoms with van der Waals surface area (Å²) in [7, 11) is -2.00. The molecule has 0 radical (unpaired) electrons. The summed E-state index contributed by atoms with van der Waals surface area (Å²) in [6, 6.07) is 57.5. The minimum atomic E-state index is -1.00. The van der Waals surface area contributed by atoms with E-state index in [1.165, 1.54) is 35.0 Å². The van der Waals surface area contributed by atoms with Gasteiger partial charge < -0.3 is 66.1 Å². The largest absolute Gasteiger partial charge is 1.00 e. The number of halogens is 11. The van der Waals surface area contributed by atoms with Crippen LogP contribution < -0.4 is 153 Å². The van der Waals surface area contributed by atoms with E-state index < -0.39 is 29.4 Å². The van der Waals surface area contributed by atoms with Crippen molar-refractivity contribution in [2.24, 2.45) is 22.2 Å². The van der Waals surface area contributed by atoms with Crippen LogP contribution in [0, 0.1) is 107 Å². The van der Waals surface area contributed by atoms with Gasteiger partial charge in [0, 0.05) is 84.0 Å². The number of carbonyl (C=O) groups excluding carboxylic acids is 4. The zero-order chi connectivity index (χ0) is 112. The number of hydrogen-bond acceptors (Lipinski definition) is 29. The molecule has 50 heteroatoms. The molecule has 0 aliphatic carbocycles. The van der Waals surface area contributed by atoms with Crippen molar-refractivity contribution in [1.82, 2.24) is 49.5 Å². The molecule has 14 rings (SSSR count). The molecular weight excluding hydrogens is 2210 g/mol. The van der Waals surface area contributed by atoms with Gasteiger partial charge in [-0.3, -0.25) is 82.8 Å². The molecule has 0 saturated carbocycles. The third-order valence-corrected chi connectivity index (χ3v) is 20.8. The van der Waals surface area contributed by atoms with Crippen LogP contribution in [0.15, 0.2) is 210 Å². The van der Waals surface area contributed by atoms with Crippen molar-refractivity contribution in [3.8, 4) is 11.4 Å². The molecule has 14 aromatic rings. The van der Waals surface area contributed by atoms with E-state index >= 15 is 0 Å². The number of para-hydroxylation sites is 3. The number of nitrogens with zero attached hydrogens (tertiary/aromatic N) is 12. The number of alkyl halides is 6. The molecule has 34 nitrogen and oxygen atoms in total. The number of nitrogen functional groups attached to an aromatic ring is 3. The van der Waals surface area contributed by atoms with Gasteiger partial charge in [-0.15, -0.1) is 69.0 Å². The van der Waals surface area contributed by atoms with Gasteiger partial charge >= 0.3 is 103 Å². The fourth-order valence-electron chi connectivity index (χ4n) is 11.3. The molecular formula is C98H121Cl9F2K2N22O12S3. The summed E-state index contributed by atoms with van der Waals surface area (Å²) in [6.45, 7) is 33.9. The Hall–Kier alpha value is -9.44. The molecule has 6 heterocycles. The van der Waals surface area contributed by atoms with Crippen LogP contribution in [0.2, 0.25) is 15.1 Å². The maximum atomic E-state index is 12.4. The normalized spacial score (nSPS) is 9.74. The van der Waals surface area contributed by atoms with Gasteiger partial charge in [0.05, 0.1) is 134 Å². The molecule has 8 aromatic carbocycles. The summed E-state index contributed by atoms with van der Waals surface area (Å²) in [5, 5.41) is 63.2. The maximum Gasteiger partial charge on any atom is 1.00 e. The van der Waals surface area contributed by atoms with E-state index in [0.717, 1.165) is 106 Å². The molecule has 0 saturated heterocycles. The fraction of sp³-hybridized carbons (Fsp3) is 0.255. The smallest absolute Gasteiger partial charge is 1.00 e. The van der Waals surface area contributed by atoms with Gasteiger partial charge in [0.25, 0.3) is 17.8 Å². The van der Waals surface area contributed by atoms with Crippen molar-refractivity contribution >= 4 is 265 Å². The Kier molecular flexibility index (Phi) is 77.3. The predicted molar refractivity (Wildman–Crippen MR) is 606 cm³/mol. The number of fused-ring (bicyclic) bond motifs is 4. The van der Waals surface area contributed by atoms with Crippen LogP contribution in [0.3, 0.4) is 0 Å². The number of non-ortho nitro benzene ring substituents is 1. The van der Waals surface area contributed by atoms with E-state index in [-0.39, 0.29) is 182 Å². The second kappa shape index (κ2) is 81.4. The van der Waals surface area contributed by atoms with Crippen molar-refractivity contribution in [3.63, 3.8) is 0 Å². The number of nitro groups is 2. The van der Waals surface area contributed by atoms with E-state index in [1.807, 2.05) is 157 Å². The third-order valence-electron chi connectivity index (χ3n) is 17.8. The van der Waals surface area contributed by atoms with Gasteiger partial charge in [0.2, 0.25) is 17.1 Å². The van der Waals surface area contributed by atoms with Crippen LogP contribution in [-0.2, 0) is 33.5 Å². The van der Waals surface area contributed by atoms with Crippen LogP contribution in [-0.4, -0.2) is 163 Å². The monoisotopic (exact) mass is 2330 g/mol. The molecule has 0 aliphatic rings. The number of hydrogen-bond donors (Lipinski definition) is 10. The maximum absolute atomic E-state index is 12.4. The van der Waals surface area contributed by atoms with Crippen molar-refractivity contribution in [3.05, 3.63) is 303 Å². The number of aryl methyl sites for hydroxylation is 11. The van der Waals surface area contributed by atoms with E-state index in [2.05, 4.69) is 130 Å². The molecule has 0 fully saturated rings. The average molecular weight is 2330 g/mol. The van der Waals surface area contributed by atoms with Gasteiger partial charge in [-0.25, -0.2) is 9.98 Å². The second-order valence-electron chi connectivity index (χ2n) is 28.8. The number of nitrogens with two attached hydrogens (primary N) is 6. The Labute approximate surface area is 1010 Å².